The first-order valence-corrected chi connectivity index (χ1v) is 19.0. The van der Waals surface area contributed by atoms with E-state index < -0.39 is 15.9 Å². The molecule has 1 N–H and O–H groups in total. The molecule has 256 valence electrons. The largest absolute Gasteiger partial charge is 0.415 e. The first-order chi connectivity index (χ1) is 23.9. The number of hydrogen-bond donors (Lipinski definition) is 1. The molecule has 0 bridgehead atoms. The Morgan fingerprint density at radius 3 is 2.12 bits per heavy atom. The first-order valence-electron chi connectivity index (χ1n) is 17.5. The van der Waals surface area contributed by atoms with E-state index >= 15 is 0 Å². The van der Waals surface area contributed by atoms with Crippen LogP contribution < -0.4 is 10.2 Å². The number of carbonyl (C=O) groups excluding carboxylic acids is 1. The smallest absolute Gasteiger partial charge is 0.412 e. The van der Waals surface area contributed by atoms with Gasteiger partial charge in [-0.25, -0.2) is 13.2 Å². The Labute approximate surface area is 290 Å². The molecular weight excluding hydrogens is 633 g/mol. The van der Waals surface area contributed by atoms with Crippen LogP contribution in [0, 0.1) is 17.8 Å². The van der Waals surface area contributed by atoms with Crippen molar-refractivity contribution >= 4 is 21.6 Å². The van der Waals surface area contributed by atoms with E-state index in [-0.39, 0.29) is 11.3 Å². The number of sulfone groups is 1. The number of aromatic nitrogens is 1. The predicted octanol–water partition coefficient (Wildman–Crippen LogP) is 6.76. The molecule has 9 heteroatoms. The summed E-state index contributed by atoms with van der Waals surface area (Å²) in [6.07, 6.45) is 10.0. The van der Waals surface area contributed by atoms with Crippen molar-refractivity contribution in [3.63, 3.8) is 0 Å². The average Bonchev–Trinajstić information content (AvgIpc) is 3.82. The lowest BCUT2D eigenvalue weighted by atomic mass is 9.59. The molecule has 2 saturated heterocycles. The van der Waals surface area contributed by atoms with Crippen LogP contribution in [0.3, 0.4) is 0 Å². The van der Waals surface area contributed by atoms with Gasteiger partial charge in [0.2, 0.25) is 9.84 Å². The number of likely N-dealkylation sites (tertiary alicyclic amines) is 1. The van der Waals surface area contributed by atoms with Crippen molar-refractivity contribution in [2.45, 2.75) is 47.4 Å². The lowest BCUT2D eigenvalue weighted by Crippen LogP contribution is -2.54. The second kappa shape index (κ2) is 14.3. The highest BCUT2D eigenvalue weighted by Gasteiger charge is 2.51. The Hall–Kier alpha value is -4.34. The monoisotopic (exact) mass is 678 g/mol. The first kappa shape index (κ1) is 33.2. The van der Waals surface area contributed by atoms with Crippen molar-refractivity contribution in [1.29, 1.82) is 0 Å². The molecule has 1 unspecified atom stereocenters. The minimum Gasteiger partial charge on any atom is -0.415 e. The highest BCUT2D eigenvalue weighted by molar-refractivity contribution is 7.91. The molecule has 2 fully saturated rings. The summed E-state index contributed by atoms with van der Waals surface area (Å²) in [6.45, 7) is 5.91. The molecule has 49 heavy (non-hydrogen) atoms. The van der Waals surface area contributed by atoms with Crippen molar-refractivity contribution in [3.05, 3.63) is 127 Å². The number of nitrogens with zero attached hydrogens (tertiary/aromatic N) is 3. The van der Waals surface area contributed by atoms with Crippen LogP contribution in [-0.4, -0.2) is 63.7 Å². The average molecular weight is 679 g/mol. The third-order valence-corrected chi connectivity index (χ3v) is 12.7. The van der Waals surface area contributed by atoms with E-state index in [4.69, 9.17) is 4.74 Å². The van der Waals surface area contributed by atoms with Gasteiger partial charge in [0.05, 0.1) is 9.79 Å². The Balaban J connectivity index is 1.02. The topological polar surface area (TPSA) is 83.9 Å². The van der Waals surface area contributed by atoms with Crippen molar-refractivity contribution < 1.29 is 17.9 Å². The number of ether oxygens (including phenoxy) is 1. The predicted molar refractivity (Wildman–Crippen MR) is 192 cm³/mol. The van der Waals surface area contributed by atoms with Gasteiger partial charge in [-0.05, 0) is 105 Å². The number of piperidine rings is 1. The van der Waals surface area contributed by atoms with Crippen molar-refractivity contribution in [2.75, 3.05) is 44.7 Å². The fraction of sp³-hybridized carbons (Fsp3) is 0.375. The van der Waals surface area contributed by atoms with E-state index in [1.165, 1.54) is 5.56 Å². The highest BCUT2D eigenvalue weighted by atomic mass is 32.2. The Morgan fingerprint density at radius 1 is 0.837 bits per heavy atom. The molecule has 2 aliphatic heterocycles. The van der Waals surface area contributed by atoms with Crippen molar-refractivity contribution in [3.8, 4) is 0 Å². The summed E-state index contributed by atoms with van der Waals surface area (Å²) in [5.41, 5.74) is 2.16. The molecule has 0 saturated carbocycles. The maximum absolute atomic E-state index is 13.0. The van der Waals surface area contributed by atoms with E-state index in [1.54, 1.807) is 43.4 Å². The van der Waals surface area contributed by atoms with Gasteiger partial charge in [-0.15, -0.1) is 0 Å². The number of rotatable bonds is 11. The maximum Gasteiger partial charge on any atom is 0.412 e. The number of anilines is 1. The van der Waals surface area contributed by atoms with Crippen molar-refractivity contribution in [2.24, 2.45) is 17.8 Å². The minimum atomic E-state index is -3.52. The third kappa shape index (κ3) is 6.79. The molecule has 3 aromatic carbocycles. The van der Waals surface area contributed by atoms with E-state index in [0.717, 1.165) is 76.4 Å². The molecule has 1 aromatic heterocycles. The maximum atomic E-state index is 13.0. The second-order valence-electron chi connectivity index (χ2n) is 13.8. The van der Waals surface area contributed by atoms with Crippen LogP contribution in [0.4, 0.5) is 10.5 Å². The van der Waals surface area contributed by atoms with Gasteiger partial charge in [0.15, 0.2) is 0 Å². The van der Waals surface area contributed by atoms with E-state index in [9.17, 15) is 13.2 Å². The molecule has 8 nitrogen and oxygen atoms in total. The Kier molecular flexibility index (Phi) is 9.65. The standard InChI is InChI=1S/C40H46N4O4S/c1-41-39(45)48-38-16-10-15-37(38)40(30-43-23-8-9-24-43,32-11-4-2-5-12-32)33-21-25-42(26-22-33)27-31-28-44(29-31)34-17-19-36(20-18-34)49(46,47)35-13-6-3-7-14-35/h2-9,11-14,16-20,23-24,31,33,37H,10,15,21-22,25-30H2,1H3,(H,41,45)/t37-,40?/m1/s1. The van der Waals surface area contributed by atoms with E-state index in [2.05, 4.69) is 80.6 Å². The molecule has 3 heterocycles. The molecule has 4 aromatic rings. The summed E-state index contributed by atoms with van der Waals surface area (Å²) < 4.78 is 34.3. The summed E-state index contributed by atoms with van der Waals surface area (Å²) in [5.74, 6) is 1.89. The zero-order chi connectivity index (χ0) is 33.8. The fourth-order valence-corrected chi connectivity index (χ4v) is 9.78. The van der Waals surface area contributed by atoms with Gasteiger partial charge in [-0.2, -0.15) is 0 Å². The van der Waals surface area contributed by atoms with Crippen LogP contribution in [0.15, 0.2) is 131 Å². The quantitative estimate of drug-likeness (QED) is 0.189. The third-order valence-electron chi connectivity index (χ3n) is 11.0. The van der Waals surface area contributed by atoms with Gasteiger partial charge in [-0.3, -0.25) is 0 Å². The highest BCUT2D eigenvalue weighted by Crippen LogP contribution is 2.52. The molecule has 1 amide bonds. The second-order valence-corrected chi connectivity index (χ2v) is 15.7. The number of hydrogen-bond acceptors (Lipinski definition) is 6. The van der Waals surface area contributed by atoms with Crippen LogP contribution >= 0.6 is 0 Å². The lowest BCUT2D eigenvalue weighted by molar-refractivity contribution is 0.0580. The number of alkyl carbamates (subject to hydrolysis) is 1. The van der Waals surface area contributed by atoms with Gasteiger partial charge in [0.1, 0.15) is 5.76 Å². The zero-order valence-electron chi connectivity index (χ0n) is 28.2. The molecule has 0 radical (unpaired) electrons. The molecule has 1 aliphatic carbocycles. The van der Waals surface area contributed by atoms with Crippen LogP contribution in [0.1, 0.15) is 31.2 Å². The number of allylic oxidation sites excluding steroid dienone is 2. The molecule has 2 atom stereocenters. The summed E-state index contributed by atoms with van der Waals surface area (Å²) in [5, 5.41) is 2.65. The molecule has 0 spiro atoms. The molecule has 3 aliphatic rings. The van der Waals surface area contributed by atoms with Crippen LogP contribution in [0.5, 0.6) is 0 Å². The number of carbonyl (C=O) groups is 1. The lowest BCUT2D eigenvalue weighted by Gasteiger charge is -2.50. The van der Waals surface area contributed by atoms with E-state index in [1.807, 2.05) is 18.2 Å². The van der Waals surface area contributed by atoms with Gasteiger partial charge in [0.25, 0.3) is 0 Å². The summed E-state index contributed by atoms with van der Waals surface area (Å²) in [6, 6.07) is 31.0. The minimum absolute atomic E-state index is 0.0976. The summed E-state index contributed by atoms with van der Waals surface area (Å²) >= 11 is 0. The number of benzene rings is 3. The zero-order valence-corrected chi connectivity index (χ0v) is 29.0. The SMILES string of the molecule is CNC(=O)OC1=CCC[C@H]1C(Cn1cccc1)(c1ccccc1)C1CCN(CC2CN(c3ccc(S(=O)(=O)c4ccccc4)cc3)C2)CC1. The summed E-state index contributed by atoms with van der Waals surface area (Å²) in [7, 11) is -1.90. The van der Waals surface area contributed by atoms with E-state index in [0.29, 0.717) is 21.6 Å². The number of amides is 1. The molecular formula is C40H46N4O4S. The van der Waals surface area contributed by atoms with Crippen LogP contribution in [0.25, 0.3) is 0 Å². The van der Waals surface area contributed by atoms with Crippen molar-refractivity contribution in [1.82, 2.24) is 14.8 Å². The Morgan fingerprint density at radius 2 is 1.47 bits per heavy atom. The van der Waals surface area contributed by atoms with Gasteiger partial charge < -0.3 is 24.4 Å². The van der Waals surface area contributed by atoms with Gasteiger partial charge in [0, 0.05) is 68.6 Å². The van der Waals surface area contributed by atoms with Gasteiger partial charge in [-0.1, -0.05) is 48.5 Å². The Bertz CT molecular complexity index is 1830. The normalized spacial score (nSPS) is 20.3. The fourth-order valence-electron chi connectivity index (χ4n) is 8.50. The van der Waals surface area contributed by atoms with Gasteiger partial charge >= 0.3 is 6.09 Å². The molecule has 7 rings (SSSR count). The van der Waals surface area contributed by atoms with Crippen LogP contribution in [0.2, 0.25) is 0 Å². The number of nitrogens with one attached hydrogen (secondary N) is 1. The summed E-state index contributed by atoms with van der Waals surface area (Å²) in [4.78, 5) is 18.1. The van der Waals surface area contributed by atoms with Crippen LogP contribution in [-0.2, 0) is 26.5 Å².